The summed E-state index contributed by atoms with van der Waals surface area (Å²) in [6.45, 7) is 12.8. The number of fused-ring (bicyclic) bond motifs is 1. The number of carbonyl (C=O) groups is 1. The van der Waals surface area contributed by atoms with Crippen molar-refractivity contribution in [3.8, 4) is 11.5 Å². The summed E-state index contributed by atoms with van der Waals surface area (Å²) in [5, 5.41) is 4.48. The lowest BCUT2D eigenvalue weighted by atomic mass is 9.87. The maximum absolute atomic E-state index is 13.4. The van der Waals surface area contributed by atoms with Crippen LogP contribution in [0.4, 0.5) is 0 Å². The van der Waals surface area contributed by atoms with Crippen molar-refractivity contribution in [3.05, 3.63) is 96.2 Å². The van der Waals surface area contributed by atoms with Gasteiger partial charge in [-0.1, -0.05) is 62.4 Å². The molecular weight excluding hydrogens is 482 g/mol. The maximum Gasteiger partial charge on any atom is 0.221 e. The summed E-state index contributed by atoms with van der Waals surface area (Å²) in [6.07, 6.45) is 4.66. The molecule has 0 aliphatic carbocycles. The Morgan fingerprint density at radius 3 is 2.38 bits per heavy atom. The third kappa shape index (κ3) is 7.51. The minimum absolute atomic E-state index is 0.0815. The first kappa shape index (κ1) is 28.4. The second-order valence-electron chi connectivity index (χ2n) is 10.3. The molecule has 39 heavy (non-hydrogen) atoms. The molecule has 0 saturated carbocycles. The lowest BCUT2D eigenvalue weighted by Gasteiger charge is -2.22. The van der Waals surface area contributed by atoms with E-state index in [0.29, 0.717) is 6.42 Å². The standard InChI is InChI=1S/C34H43N3O2/c1-5-36(6-2)22-14-15-26(4)35-34(38)24-31(32-25-37(7-3)33-21-12-11-20-30(32)33)27-16-13-19-29(23-27)39-28-17-9-8-10-18-28/h8-13,16-21,23,25-26,31H,5-7,14-15,22,24H2,1-4H3,(H,35,38)/t26-,31-/m1/s1. The van der Waals surface area contributed by atoms with Gasteiger partial charge in [-0.05, 0) is 87.8 Å². The number of nitrogens with zero attached hydrogens (tertiary/aromatic N) is 2. The lowest BCUT2D eigenvalue weighted by molar-refractivity contribution is -0.121. The van der Waals surface area contributed by atoms with Crippen molar-refractivity contribution in [1.82, 2.24) is 14.8 Å². The van der Waals surface area contributed by atoms with Crippen LogP contribution in [0, 0.1) is 0 Å². The molecule has 206 valence electrons. The summed E-state index contributed by atoms with van der Waals surface area (Å²) in [5.41, 5.74) is 3.45. The smallest absolute Gasteiger partial charge is 0.221 e. The van der Waals surface area contributed by atoms with Crippen LogP contribution in [0.15, 0.2) is 85.1 Å². The van der Waals surface area contributed by atoms with Gasteiger partial charge in [0.1, 0.15) is 11.5 Å². The van der Waals surface area contributed by atoms with Gasteiger partial charge in [-0.15, -0.1) is 0 Å². The van der Waals surface area contributed by atoms with Crippen molar-refractivity contribution in [2.75, 3.05) is 19.6 Å². The predicted octanol–water partition coefficient (Wildman–Crippen LogP) is 7.60. The molecule has 1 amide bonds. The fourth-order valence-corrected chi connectivity index (χ4v) is 5.39. The number of aromatic nitrogens is 1. The second kappa shape index (κ2) is 14.0. The summed E-state index contributed by atoms with van der Waals surface area (Å²) in [5.74, 6) is 1.56. The van der Waals surface area contributed by atoms with Crippen LogP contribution in [0.5, 0.6) is 11.5 Å². The number of carbonyl (C=O) groups excluding carboxylic acids is 1. The quantitative estimate of drug-likeness (QED) is 0.184. The Morgan fingerprint density at radius 1 is 0.923 bits per heavy atom. The van der Waals surface area contributed by atoms with E-state index < -0.39 is 0 Å². The number of benzene rings is 3. The predicted molar refractivity (Wildman–Crippen MR) is 162 cm³/mol. The van der Waals surface area contributed by atoms with Crippen LogP contribution >= 0.6 is 0 Å². The number of amides is 1. The highest BCUT2D eigenvalue weighted by Gasteiger charge is 2.24. The number of para-hydroxylation sites is 2. The molecule has 1 N–H and O–H groups in total. The van der Waals surface area contributed by atoms with Gasteiger partial charge in [-0.3, -0.25) is 4.79 Å². The summed E-state index contributed by atoms with van der Waals surface area (Å²) in [7, 11) is 0. The van der Waals surface area contributed by atoms with Crippen LogP contribution in [0.2, 0.25) is 0 Å². The zero-order valence-electron chi connectivity index (χ0n) is 23.9. The van der Waals surface area contributed by atoms with Crippen molar-refractivity contribution in [1.29, 1.82) is 0 Å². The van der Waals surface area contributed by atoms with Crippen LogP contribution in [0.1, 0.15) is 64.0 Å². The van der Waals surface area contributed by atoms with E-state index in [4.69, 9.17) is 4.74 Å². The summed E-state index contributed by atoms with van der Waals surface area (Å²) < 4.78 is 8.43. The number of hydrogen-bond acceptors (Lipinski definition) is 3. The normalized spacial score (nSPS) is 12.9. The van der Waals surface area contributed by atoms with Gasteiger partial charge >= 0.3 is 0 Å². The number of ether oxygens (including phenoxy) is 1. The molecule has 0 bridgehead atoms. The Bertz CT molecular complexity index is 1330. The van der Waals surface area contributed by atoms with Gasteiger partial charge in [0.05, 0.1) is 0 Å². The number of nitrogens with one attached hydrogen (secondary N) is 1. The molecule has 4 rings (SSSR count). The van der Waals surface area contributed by atoms with E-state index in [1.54, 1.807) is 0 Å². The van der Waals surface area contributed by atoms with Crippen molar-refractivity contribution in [3.63, 3.8) is 0 Å². The van der Waals surface area contributed by atoms with Crippen molar-refractivity contribution in [2.45, 2.75) is 65.5 Å². The molecule has 0 aliphatic rings. The zero-order chi connectivity index (χ0) is 27.6. The van der Waals surface area contributed by atoms with Gasteiger partial charge in [-0.2, -0.15) is 0 Å². The number of rotatable bonds is 14. The molecule has 1 heterocycles. The average molecular weight is 526 g/mol. The van der Waals surface area contributed by atoms with E-state index in [9.17, 15) is 4.79 Å². The summed E-state index contributed by atoms with van der Waals surface area (Å²) in [4.78, 5) is 15.9. The van der Waals surface area contributed by atoms with Crippen molar-refractivity contribution >= 4 is 16.8 Å². The minimum Gasteiger partial charge on any atom is -0.457 e. The van der Waals surface area contributed by atoms with E-state index in [1.165, 1.54) is 16.5 Å². The van der Waals surface area contributed by atoms with Gasteiger partial charge in [0.2, 0.25) is 5.91 Å². The third-order valence-electron chi connectivity index (χ3n) is 7.58. The van der Waals surface area contributed by atoms with Gasteiger partial charge in [-0.25, -0.2) is 0 Å². The first-order valence-electron chi connectivity index (χ1n) is 14.4. The van der Waals surface area contributed by atoms with Crippen LogP contribution in [0.3, 0.4) is 0 Å². The fraction of sp³-hybridized carbons (Fsp3) is 0.382. The van der Waals surface area contributed by atoms with Crippen molar-refractivity contribution < 1.29 is 9.53 Å². The Hall–Kier alpha value is -3.57. The highest BCUT2D eigenvalue weighted by Crippen LogP contribution is 2.36. The Morgan fingerprint density at radius 2 is 1.64 bits per heavy atom. The lowest BCUT2D eigenvalue weighted by Crippen LogP contribution is -2.34. The molecule has 5 heteroatoms. The molecule has 1 aromatic heterocycles. The molecule has 0 saturated heterocycles. The monoisotopic (exact) mass is 525 g/mol. The molecule has 0 radical (unpaired) electrons. The highest BCUT2D eigenvalue weighted by molar-refractivity contribution is 5.86. The first-order chi connectivity index (χ1) is 19.0. The second-order valence-corrected chi connectivity index (χ2v) is 10.3. The average Bonchev–Trinajstić information content (AvgIpc) is 3.33. The maximum atomic E-state index is 13.4. The van der Waals surface area contributed by atoms with Gasteiger partial charge < -0.3 is 19.5 Å². The topological polar surface area (TPSA) is 46.5 Å². The molecule has 4 aromatic rings. The third-order valence-corrected chi connectivity index (χ3v) is 7.58. The summed E-state index contributed by atoms with van der Waals surface area (Å²) in [6, 6.07) is 26.6. The molecular formula is C34H43N3O2. The molecule has 3 aromatic carbocycles. The van der Waals surface area contributed by atoms with Crippen LogP contribution in [-0.2, 0) is 11.3 Å². The molecule has 0 unspecified atom stereocenters. The van der Waals surface area contributed by atoms with E-state index >= 15 is 0 Å². The van der Waals surface area contributed by atoms with Gasteiger partial charge in [0.15, 0.2) is 0 Å². The Kier molecular flexibility index (Phi) is 10.2. The van der Waals surface area contributed by atoms with Crippen LogP contribution in [-0.4, -0.2) is 41.1 Å². The van der Waals surface area contributed by atoms with E-state index in [1.807, 2.05) is 42.5 Å². The molecule has 5 nitrogen and oxygen atoms in total. The van der Waals surface area contributed by atoms with E-state index in [-0.39, 0.29) is 17.9 Å². The zero-order valence-corrected chi connectivity index (χ0v) is 23.9. The largest absolute Gasteiger partial charge is 0.457 e. The van der Waals surface area contributed by atoms with E-state index in [2.05, 4.69) is 85.1 Å². The highest BCUT2D eigenvalue weighted by atomic mass is 16.5. The molecule has 0 fully saturated rings. The Balaban J connectivity index is 1.58. The molecule has 2 atom stereocenters. The fourth-order valence-electron chi connectivity index (χ4n) is 5.39. The van der Waals surface area contributed by atoms with Crippen molar-refractivity contribution in [2.24, 2.45) is 0 Å². The van der Waals surface area contributed by atoms with E-state index in [0.717, 1.165) is 56.1 Å². The van der Waals surface area contributed by atoms with Crippen LogP contribution in [0.25, 0.3) is 10.9 Å². The van der Waals surface area contributed by atoms with Crippen LogP contribution < -0.4 is 10.1 Å². The SMILES string of the molecule is CCN(CC)CCC[C@@H](C)NC(=O)C[C@H](c1cccc(Oc2ccccc2)c1)c1cn(CC)c2ccccc12. The first-order valence-corrected chi connectivity index (χ1v) is 14.4. The Labute approximate surface area is 233 Å². The number of hydrogen-bond donors (Lipinski definition) is 1. The summed E-state index contributed by atoms with van der Waals surface area (Å²) >= 11 is 0. The van der Waals surface area contributed by atoms with Gasteiger partial charge in [0.25, 0.3) is 0 Å². The van der Waals surface area contributed by atoms with Gasteiger partial charge in [0, 0.05) is 42.0 Å². The number of aryl methyl sites for hydroxylation is 1. The minimum atomic E-state index is -0.0927. The molecule has 0 aliphatic heterocycles. The molecule has 0 spiro atoms.